The highest BCUT2D eigenvalue weighted by Gasteiger charge is 2.18. The van der Waals surface area contributed by atoms with Crippen LogP contribution >= 0.6 is 15.9 Å². The number of nitriles is 1. The van der Waals surface area contributed by atoms with Crippen LogP contribution in [0.15, 0.2) is 23.0 Å². The van der Waals surface area contributed by atoms with Gasteiger partial charge in [-0.2, -0.15) is 5.26 Å². The van der Waals surface area contributed by atoms with Gasteiger partial charge in [-0.15, -0.1) is 0 Å². The van der Waals surface area contributed by atoms with Gasteiger partial charge in [0.2, 0.25) is 0 Å². The van der Waals surface area contributed by atoms with Crippen LogP contribution in [0.4, 0.5) is 4.79 Å². The average Bonchev–Trinajstić information content (AvgIpc) is 2.18. The summed E-state index contributed by atoms with van der Waals surface area (Å²) in [5, 5.41) is 8.68. The van der Waals surface area contributed by atoms with Gasteiger partial charge in [0.15, 0.2) is 0 Å². The molecule has 5 heteroatoms. The Hall–Kier alpha value is -1.28. The largest absolute Gasteiger partial charge is 0.449 e. The van der Waals surface area contributed by atoms with Gasteiger partial charge in [-0.1, -0.05) is 15.9 Å². The van der Waals surface area contributed by atoms with Crippen LogP contribution in [0.25, 0.3) is 0 Å². The molecule has 1 aliphatic heterocycles. The summed E-state index contributed by atoms with van der Waals surface area (Å²) in [4.78, 5) is 12.5. The zero-order valence-corrected chi connectivity index (χ0v) is 9.19. The molecular weight excluding hydrogens is 248 g/mol. The summed E-state index contributed by atoms with van der Waals surface area (Å²) < 4.78 is 5.43. The normalized spacial score (nSPS) is 19.9. The van der Waals surface area contributed by atoms with E-state index in [9.17, 15) is 4.79 Å². The van der Waals surface area contributed by atoms with E-state index in [-0.39, 0.29) is 5.92 Å². The lowest BCUT2D eigenvalue weighted by atomic mass is 10.1. The second-order valence-electron chi connectivity index (χ2n) is 2.57. The Kier molecular flexibility index (Phi) is 3.72. The van der Waals surface area contributed by atoms with Gasteiger partial charge in [-0.05, 0) is 13.0 Å². The smallest absolute Gasteiger partial charge is 0.417 e. The van der Waals surface area contributed by atoms with E-state index in [4.69, 9.17) is 10.00 Å². The summed E-state index contributed by atoms with van der Waals surface area (Å²) in [6.07, 6.45) is 4.24. The molecule has 0 saturated carbocycles. The molecule has 0 bridgehead atoms. The maximum atomic E-state index is 11.2. The Morgan fingerprint density at radius 3 is 3.07 bits per heavy atom. The van der Waals surface area contributed by atoms with Gasteiger partial charge in [0.05, 0.1) is 18.6 Å². The van der Waals surface area contributed by atoms with Crippen molar-refractivity contribution in [1.29, 1.82) is 5.26 Å². The lowest BCUT2D eigenvalue weighted by molar-refractivity contribution is 0.133. The molecule has 1 heterocycles. The van der Waals surface area contributed by atoms with Crippen LogP contribution in [0.5, 0.6) is 0 Å². The third-order valence-corrected chi connectivity index (χ3v) is 2.31. The number of rotatable bonds is 1. The Balaban J connectivity index is 2.70. The predicted octanol–water partition coefficient (Wildman–Crippen LogP) is 2.35. The molecular formula is C9H9BrN2O2. The second-order valence-corrected chi connectivity index (χ2v) is 3.48. The number of ether oxygens (including phenoxy) is 1. The first-order valence-corrected chi connectivity index (χ1v) is 4.88. The average molecular weight is 257 g/mol. The van der Waals surface area contributed by atoms with Gasteiger partial charge in [0, 0.05) is 16.9 Å². The fourth-order valence-electron chi connectivity index (χ4n) is 0.943. The van der Waals surface area contributed by atoms with E-state index < -0.39 is 6.09 Å². The van der Waals surface area contributed by atoms with Crippen molar-refractivity contribution in [2.24, 2.45) is 5.92 Å². The second kappa shape index (κ2) is 4.82. The topological polar surface area (TPSA) is 53.3 Å². The number of hydrogen-bond acceptors (Lipinski definition) is 3. The minimum atomic E-state index is -0.447. The van der Waals surface area contributed by atoms with Crippen LogP contribution in [0.1, 0.15) is 6.92 Å². The van der Waals surface area contributed by atoms with Crippen molar-refractivity contribution >= 4 is 22.0 Å². The molecule has 0 radical (unpaired) electrons. The Labute approximate surface area is 90.6 Å². The van der Waals surface area contributed by atoms with Crippen molar-refractivity contribution in [3.05, 3.63) is 23.0 Å². The molecule has 0 aromatic carbocycles. The highest BCUT2D eigenvalue weighted by atomic mass is 79.9. The van der Waals surface area contributed by atoms with Gasteiger partial charge in [-0.3, -0.25) is 4.90 Å². The number of halogens is 1. The third-order valence-electron chi connectivity index (χ3n) is 1.62. The van der Waals surface area contributed by atoms with Crippen LogP contribution in [-0.2, 0) is 4.74 Å². The lowest BCUT2D eigenvalue weighted by Gasteiger charge is -2.18. The summed E-state index contributed by atoms with van der Waals surface area (Å²) in [5.41, 5.74) is 0. The molecule has 74 valence electrons. The Morgan fingerprint density at radius 1 is 1.86 bits per heavy atom. The molecule has 0 spiro atoms. The van der Waals surface area contributed by atoms with E-state index >= 15 is 0 Å². The number of amides is 1. The van der Waals surface area contributed by atoms with Crippen LogP contribution in [0, 0.1) is 17.2 Å². The van der Waals surface area contributed by atoms with E-state index in [2.05, 4.69) is 22.0 Å². The molecule has 1 rings (SSSR count). The molecule has 4 nitrogen and oxygen atoms in total. The molecule has 0 aromatic rings. The van der Waals surface area contributed by atoms with Crippen molar-refractivity contribution in [2.45, 2.75) is 6.92 Å². The first-order chi connectivity index (χ1) is 6.69. The highest BCUT2D eigenvalue weighted by molar-refractivity contribution is 9.11. The number of carbonyl (C=O) groups excluding carboxylic acids is 1. The summed E-state index contributed by atoms with van der Waals surface area (Å²) in [7, 11) is 0. The van der Waals surface area contributed by atoms with Gasteiger partial charge in [0.25, 0.3) is 0 Å². The summed E-state index contributed by atoms with van der Waals surface area (Å²) >= 11 is 3.21. The van der Waals surface area contributed by atoms with E-state index in [0.29, 0.717) is 11.1 Å². The van der Waals surface area contributed by atoms with Crippen LogP contribution in [0.2, 0.25) is 0 Å². The van der Waals surface area contributed by atoms with E-state index in [1.807, 2.05) is 0 Å². The van der Waals surface area contributed by atoms with Crippen molar-refractivity contribution in [2.75, 3.05) is 6.61 Å². The van der Waals surface area contributed by atoms with Crippen LogP contribution in [0.3, 0.4) is 0 Å². The minimum absolute atomic E-state index is 0.319. The summed E-state index contributed by atoms with van der Waals surface area (Å²) in [6.45, 7) is 2.07. The zero-order chi connectivity index (χ0) is 10.6. The summed E-state index contributed by atoms with van der Waals surface area (Å²) in [5.74, 6) is -0.319. The van der Waals surface area contributed by atoms with Crippen LogP contribution in [-0.4, -0.2) is 17.6 Å². The molecule has 0 N–H and O–H groups in total. The summed E-state index contributed by atoms with van der Waals surface area (Å²) in [6, 6.07) is 2.06. The monoisotopic (exact) mass is 256 g/mol. The standard InChI is InChI=1S/C9H9BrN2O2/c1-2-14-9(13)12-4-3-7(5-11)8(10)6-12/h3-4,6-7H,2H2,1H3. The first kappa shape index (κ1) is 10.8. The Bertz CT molecular complexity index is 330. The molecule has 1 aliphatic rings. The maximum absolute atomic E-state index is 11.2. The molecule has 0 aromatic heterocycles. The van der Waals surface area contributed by atoms with Gasteiger partial charge in [0.1, 0.15) is 0 Å². The molecule has 0 aliphatic carbocycles. The fraction of sp³-hybridized carbons (Fsp3) is 0.333. The maximum Gasteiger partial charge on any atom is 0.417 e. The predicted molar refractivity (Wildman–Crippen MR) is 54.1 cm³/mol. The van der Waals surface area contributed by atoms with Crippen molar-refractivity contribution in [3.8, 4) is 6.07 Å². The van der Waals surface area contributed by atoms with Crippen molar-refractivity contribution in [3.63, 3.8) is 0 Å². The molecule has 1 amide bonds. The van der Waals surface area contributed by atoms with E-state index in [0.717, 1.165) is 0 Å². The van der Waals surface area contributed by atoms with Gasteiger partial charge >= 0.3 is 6.09 Å². The van der Waals surface area contributed by atoms with Crippen LogP contribution < -0.4 is 0 Å². The fourth-order valence-corrected chi connectivity index (χ4v) is 1.42. The molecule has 1 atom stereocenters. The van der Waals surface area contributed by atoms with Gasteiger partial charge < -0.3 is 4.74 Å². The van der Waals surface area contributed by atoms with Crippen molar-refractivity contribution in [1.82, 2.24) is 4.90 Å². The molecule has 0 fully saturated rings. The zero-order valence-electron chi connectivity index (χ0n) is 7.61. The number of hydrogen-bond donors (Lipinski definition) is 0. The quantitative estimate of drug-likeness (QED) is 0.724. The Morgan fingerprint density at radius 2 is 2.57 bits per heavy atom. The van der Waals surface area contributed by atoms with Gasteiger partial charge in [-0.25, -0.2) is 4.79 Å². The SMILES string of the molecule is CCOC(=O)N1C=CC(C#N)C(Br)=C1. The molecule has 0 saturated heterocycles. The number of allylic oxidation sites excluding steroid dienone is 2. The number of nitrogens with zero attached hydrogens (tertiary/aromatic N) is 2. The van der Waals surface area contributed by atoms with E-state index in [1.165, 1.54) is 17.3 Å². The third kappa shape index (κ3) is 2.36. The highest BCUT2D eigenvalue weighted by Crippen LogP contribution is 2.24. The number of carbonyl (C=O) groups is 1. The van der Waals surface area contributed by atoms with Crippen molar-refractivity contribution < 1.29 is 9.53 Å². The molecule has 1 unspecified atom stereocenters. The first-order valence-electron chi connectivity index (χ1n) is 4.09. The molecule has 14 heavy (non-hydrogen) atoms. The minimum Gasteiger partial charge on any atom is -0.449 e. The van der Waals surface area contributed by atoms with E-state index in [1.54, 1.807) is 13.0 Å². The lowest BCUT2D eigenvalue weighted by Crippen LogP contribution is -2.24.